The number of nitrogens with zero attached hydrogens (tertiary/aromatic N) is 1. The zero-order valence-corrected chi connectivity index (χ0v) is 11.0. The Morgan fingerprint density at radius 1 is 1.47 bits per heavy atom. The molecule has 1 heterocycles. The first-order chi connectivity index (χ1) is 8.13. The van der Waals surface area contributed by atoms with Crippen LogP contribution in [-0.4, -0.2) is 68.7 Å². The lowest BCUT2D eigenvalue weighted by Gasteiger charge is -2.35. The Labute approximate surface area is 104 Å². The van der Waals surface area contributed by atoms with Crippen LogP contribution in [0.15, 0.2) is 0 Å². The fourth-order valence-electron chi connectivity index (χ4n) is 2.05. The molecule has 3 N–H and O–H groups in total. The van der Waals surface area contributed by atoms with Crippen molar-refractivity contribution in [1.29, 1.82) is 0 Å². The maximum Gasteiger partial charge on any atom is 0.0900 e. The maximum absolute atomic E-state index is 9.80. The van der Waals surface area contributed by atoms with E-state index < -0.39 is 6.10 Å². The molecular formula is C12H26N2O3. The van der Waals surface area contributed by atoms with Crippen LogP contribution in [0.25, 0.3) is 0 Å². The Balaban J connectivity index is 2.11. The number of β-amino-alcohol motifs (C(OH)–C–C–N with tert-alkyl or cyclic N) is 1. The van der Waals surface area contributed by atoms with Gasteiger partial charge in [0.05, 0.1) is 25.9 Å². The number of aliphatic hydroxyl groups excluding tert-OH is 1. The van der Waals surface area contributed by atoms with E-state index in [0.29, 0.717) is 32.3 Å². The van der Waals surface area contributed by atoms with Crippen LogP contribution < -0.4 is 5.73 Å². The number of nitrogens with two attached hydrogens (primary N) is 1. The fourth-order valence-corrected chi connectivity index (χ4v) is 2.05. The highest BCUT2D eigenvalue weighted by atomic mass is 16.5. The number of likely N-dealkylation sites (tertiary alicyclic amines) is 1. The van der Waals surface area contributed by atoms with E-state index >= 15 is 0 Å². The molecule has 0 amide bonds. The van der Waals surface area contributed by atoms with Crippen molar-refractivity contribution in [2.24, 2.45) is 11.7 Å². The van der Waals surface area contributed by atoms with Crippen molar-refractivity contribution in [3.05, 3.63) is 0 Å². The number of methoxy groups -OCH3 is 1. The van der Waals surface area contributed by atoms with E-state index in [4.69, 9.17) is 15.2 Å². The summed E-state index contributed by atoms with van der Waals surface area (Å²) in [6.07, 6.45) is 0.672. The lowest BCUT2D eigenvalue weighted by atomic mass is 9.94. The third-order valence-electron chi connectivity index (χ3n) is 3.31. The third kappa shape index (κ3) is 5.79. The van der Waals surface area contributed by atoms with Gasteiger partial charge in [-0.2, -0.15) is 0 Å². The second-order valence-corrected chi connectivity index (χ2v) is 4.91. The molecule has 0 bridgehead atoms. The van der Waals surface area contributed by atoms with Crippen LogP contribution in [0.4, 0.5) is 0 Å². The molecule has 1 aliphatic rings. The van der Waals surface area contributed by atoms with Crippen molar-refractivity contribution in [2.75, 3.05) is 46.6 Å². The van der Waals surface area contributed by atoms with Crippen molar-refractivity contribution in [3.63, 3.8) is 0 Å². The van der Waals surface area contributed by atoms with E-state index in [2.05, 4.69) is 11.8 Å². The summed E-state index contributed by atoms with van der Waals surface area (Å²) in [4.78, 5) is 2.22. The Kier molecular flexibility index (Phi) is 6.99. The van der Waals surface area contributed by atoms with Crippen molar-refractivity contribution >= 4 is 0 Å². The van der Waals surface area contributed by atoms with Gasteiger partial charge in [-0.05, 0) is 18.9 Å². The standard InChI is InChI=1S/C12H26N2O3/c1-10-3-4-14(8-12(10)13)7-11(15)9-17-6-5-16-2/h10-12,15H,3-9,13H2,1-2H3. The molecule has 1 saturated heterocycles. The van der Waals surface area contributed by atoms with Gasteiger partial charge >= 0.3 is 0 Å². The van der Waals surface area contributed by atoms with Gasteiger partial charge in [-0.1, -0.05) is 6.92 Å². The molecule has 3 unspecified atom stereocenters. The summed E-state index contributed by atoms with van der Waals surface area (Å²) in [7, 11) is 1.63. The third-order valence-corrected chi connectivity index (χ3v) is 3.31. The van der Waals surface area contributed by atoms with E-state index in [9.17, 15) is 5.11 Å². The predicted octanol–water partition coefficient (Wildman–Crippen LogP) is -0.321. The van der Waals surface area contributed by atoms with E-state index in [1.807, 2.05) is 0 Å². The van der Waals surface area contributed by atoms with Gasteiger partial charge in [-0.3, -0.25) is 4.90 Å². The van der Waals surface area contributed by atoms with Gasteiger partial charge in [0.25, 0.3) is 0 Å². The summed E-state index contributed by atoms with van der Waals surface area (Å²) in [6, 6.07) is 0.227. The first-order valence-corrected chi connectivity index (χ1v) is 6.36. The molecule has 1 fully saturated rings. The smallest absolute Gasteiger partial charge is 0.0900 e. The molecule has 0 spiro atoms. The van der Waals surface area contributed by atoms with E-state index in [1.54, 1.807) is 7.11 Å². The highest BCUT2D eigenvalue weighted by Gasteiger charge is 2.24. The Hall–Kier alpha value is -0.200. The molecule has 1 rings (SSSR count). The quantitative estimate of drug-likeness (QED) is 0.603. The van der Waals surface area contributed by atoms with Gasteiger partial charge in [-0.25, -0.2) is 0 Å². The molecule has 5 nitrogen and oxygen atoms in total. The summed E-state index contributed by atoms with van der Waals surface area (Å²) < 4.78 is 10.2. The normalized spacial score (nSPS) is 28.2. The lowest BCUT2D eigenvalue weighted by molar-refractivity contribution is -0.00561. The number of aliphatic hydroxyl groups is 1. The second kappa shape index (κ2) is 8.00. The van der Waals surface area contributed by atoms with Gasteiger partial charge < -0.3 is 20.3 Å². The van der Waals surface area contributed by atoms with Crippen molar-refractivity contribution < 1.29 is 14.6 Å². The number of ether oxygens (including phenoxy) is 2. The summed E-state index contributed by atoms with van der Waals surface area (Å²) in [5.41, 5.74) is 6.01. The number of hydrogen-bond acceptors (Lipinski definition) is 5. The molecule has 0 aromatic rings. The van der Waals surface area contributed by atoms with Gasteiger partial charge in [-0.15, -0.1) is 0 Å². The van der Waals surface area contributed by atoms with Gasteiger partial charge in [0, 0.05) is 26.2 Å². The minimum atomic E-state index is -0.438. The number of piperidine rings is 1. The molecule has 0 aromatic heterocycles. The molecule has 102 valence electrons. The molecule has 0 saturated carbocycles. The zero-order chi connectivity index (χ0) is 12.7. The number of rotatable bonds is 7. The van der Waals surface area contributed by atoms with Crippen LogP contribution in [0.3, 0.4) is 0 Å². The SMILES string of the molecule is COCCOCC(O)CN1CCC(C)C(N)C1. The maximum atomic E-state index is 9.80. The van der Waals surface area contributed by atoms with E-state index in [0.717, 1.165) is 19.5 Å². The highest BCUT2D eigenvalue weighted by Crippen LogP contribution is 2.15. The molecule has 0 aromatic carbocycles. The lowest BCUT2D eigenvalue weighted by Crippen LogP contribution is -2.50. The van der Waals surface area contributed by atoms with Crippen LogP contribution in [0.5, 0.6) is 0 Å². The van der Waals surface area contributed by atoms with Gasteiger partial charge in [0.1, 0.15) is 0 Å². The van der Waals surface area contributed by atoms with Crippen LogP contribution in [0.1, 0.15) is 13.3 Å². The van der Waals surface area contributed by atoms with Crippen LogP contribution in [0.2, 0.25) is 0 Å². The second-order valence-electron chi connectivity index (χ2n) is 4.91. The van der Waals surface area contributed by atoms with Crippen LogP contribution in [0, 0.1) is 5.92 Å². The van der Waals surface area contributed by atoms with E-state index in [1.165, 1.54) is 0 Å². The molecular weight excluding hydrogens is 220 g/mol. The molecule has 3 atom stereocenters. The Bertz CT molecular complexity index is 204. The van der Waals surface area contributed by atoms with Crippen molar-refractivity contribution in [1.82, 2.24) is 4.90 Å². The molecule has 5 heteroatoms. The Morgan fingerprint density at radius 3 is 2.88 bits per heavy atom. The van der Waals surface area contributed by atoms with E-state index in [-0.39, 0.29) is 6.04 Å². The minimum absolute atomic E-state index is 0.227. The largest absolute Gasteiger partial charge is 0.389 e. The molecule has 0 aliphatic carbocycles. The molecule has 0 radical (unpaired) electrons. The topological polar surface area (TPSA) is 68.0 Å². The molecule has 1 aliphatic heterocycles. The van der Waals surface area contributed by atoms with Crippen LogP contribution in [-0.2, 0) is 9.47 Å². The average molecular weight is 246 g/mol. The monoisotopic (exact) mass is 246 g/mol. The summed E-state index contributed by atoms with van der Waals surface area (Å²) >= 11 is 0. The van der Waals surface area contributed by atoms with Gasteiger partial charge in [0.2, 0.25) is 0 Å². The Morgan fingerprint density at radius 2 is 2.24 bits per heavy atom. The summed E-state index contributed by atoms with van der Waals surface area (Å²) in [5.74, 6) is 0.585. The fraction of sp³-hybridized carbons (Fsp3) is 1.00. The summed E-state index contributed by atoms with van der Waals surface area (Å²) in [6.45, 7) is 6.19. The zero-order valence-electron chi connectivity index (χ0n) is 11.0. The average Bonchev–Trinajstić information content (AvgIpc) is 2.30. The minimum Gasteiger partial charge on any atom is -0.389 e. The first-order valence-electron chi connectivity index (χ1n) is 6.36. The molecule has 17 heavy (non-hydrogen) atoms. The van der Waals surface area contributed by atoms with Crippen molar-refractivity contribution in [2.45, 2.75) is 25.5 Å². The highest BCUT2D eigenvalue weighted by molar-refractivity contribution is 4.81. The van der Waals surface area contributed by atoms with Crippen molar-refractivity contribution in [3.8, 4) is 0 Å². The van der Waals surface area contributed by atoms with Crippen LogP contribution >= 0.6 is 0 Å². The van der Waals surface area contributed by atoms with Gasteiger partial charge in [0.15, 0.2) is 0 Å². The number of hydrogen-bond donors (Lipinski definition) is 2. The summed E-state index contributed by atoms with van der Waals surface area (Å²) in [5, 5.41) is 9.80. The first kappa shape index (κ1) is 14.9. The predicted molar refractivity (Wildman–Crippen MR) is 66.9 cm³/mol.